The molecule has 0 aliphatic rings. The predicted molar refractivity (Wildman–Crippen MR) is 83.9 cm³/mol. The van der Waals surface area contributed by atoms with Crippen LogP contribution in [0.4, 0.5) is 5.13 Å². The summed E-state index contributed by atoms with van der Waals surface area (Å²) < 4.78 is 0. The summed E-state index contributed by atoms with van der Waals surface area (Å²) in [6.07, 6.45) is 0.680. The number of anilines is 1. The highest BCUT2D eigenvalue weighted by molar-refractivity contribution is 7.14. The molecule has 1 aromatic heterocycles. The van der Waals surface area contributed by atoms with Crippen molar-refractivity contribution in [2.24, 2.45) is 5.73 Å². The molecule has 0 spiro atoms. The number of nitrogens with two attached hydrogens (primary N) is 1. The minimum Gasteiger partial charge on any atom is -0.328 e. The number of thiazole rings is 1. The van der Waals surface area contributed by atoms with Crippen LogP contribution in [-0.2, 0) is 6.42 Å². The third-order valence-electron chi connectivity index (χ3n) is 2.49. The first-order chi connectivity index (χ1) is 9.45. The molecule has 0 aliphatic carbocycles. The molecule has 0 bridgehead atoms. The second kappa shape index (κ2) is 6.54. The zero-order chi connectivity index (χ0) is 14.7. The smallest absolute Gasteiger partial charge is 0.257 e. The lowest BCUT2D eigenvalue weighted by atomic mass is 10.2. The molecule has 3 N–H and O–H groups in total. The number of nitrogens with zero attached hydrogens (tertiary/aromatic N) is 1. The lowest BCUT2D eigenvalue weighted by Crippen LogP contribution is -2.18. The highest BCUT2D eigenvalue weighted by Gasteiger charge is 2.11. The van der Waals surface area contributed by atoms with E-state index >= 15 is 0 Å². The number of aromatic nitrogens is 1. The van der Waals surface area contributed by atoms with Crippen LogP contribution >= 0.6 is 34.5 Å². The maximum absolute atomic E-state index is 12.0. The van der Waals surface area contributed by atoms with E-state index in [1.54, 1.807) is 12.1 Å². The third-order valence-corrected chi connectivity index (χ3v) is 4.03. The average Bonchev–Trinajstić information content (AvgIpc) is 2.79. The van der Waals surface area contributed by atoms with Crippen LogP contribution in [0.5, 0.6) is 0 Å². The lowest BCUT2D eigenvalue weighted by molar-refractivity contribution is 0.102. The SMILES string of the molecule is CC(N)Cc1csc(NC(=O)c2ccc(Cl)c(Cl)c2)n1. The average molecular weight is 330 g/mol. The first-order valence-corrected chi connectivity index (χ1v) is 7.55. The Hall–Kier alpha value is -1.14. The minimum absolute atomic E-state index is 0.0377. The van der Waals surface area contributed by atoms with Crippen molar-refractivity contribution in [1.29, 1.82) is 0 Å². The van der Waals surface area contributed by atoms with Crippen LogP contribution in [0, 0.1) is 0 Å². The number of carbonyl (C=O) groups is 1. The Bertz CT molecular complexity index is 628. The molecule has 7 heteroatoms. The highest BCUT2D eigenvalue weighted by atomic mass is 35.5. The molecule has 106 valence electrons. The fourth-order valence-corrected chi connectivity index (χ4v) is 2.61. The molecule has 1 amide bonds. The van der Waals surface area contributed by atoms with Gasteiger partial charge in [-0.3, -0.25) is 10.1 Å². The van der Waals surface area contributed by atoms with E-state index in [9.17, 15) is 4.79 Å². The van der Waals surface area contributed by atoms with E-state index in [-0.39, 0.29) is 11.9 Å². The van der Waals surface area contributed by atoms with Gasteiger partial charge in [-0.15, -0.1) is 11.3 Å². The molecule has 20 heavy (non-hydrogen) atoms. The van der Waals surface area contributed by atoms with Gasteiger partial charge >= 0.3 is 0 Å². The number of benzene rings is 1. The Kier molecular flexibility index (Phi) is 4.99. The number of amides is 1. The number of halogens is 2. The van der Waals surface area contributed by atoms with Crippen molar-refractivity contribution in [1.82, 2.24) is 4.98 Å². The molecule has 0 aliphatic heterocycles. The summed E-state index contributed by atoms with van der Waals surface area (Å²) in [6.45, 7) is 1.91. The maximum Gasteiger partial charge on any atom is 0.257 e. The Morgan fingerprint density at radius 1 is 1.45 bits per heavy atom. The van der Waals surface area contributed by atoms with Crippen LogP contribution in [0.25, 0.3) is 0 Å². The van der Waals surface area contributed by atoms with Gasteiger partial charge in [0.05, 0.1) is 15.7 Å². The van der Waals surface area contributed by atoms with Gasteiger partial charge in [0.25, 0.3) is 5.91 Å². The van der Waals surface area contributed by atoms with Crippen LogP contribution < -0.4 is 11.1 Å². The van der Waals surface area contributed by atoms with Gasteiger partial charge in [-0.1, -0.05) is 23.2 Å². The van der Waals surface area contributed by atoms with Crippen molar-refractivity contribution in [3.8, 4) is 0 Å². The molecule has 1 unspecified atom stereocenters. The molecule has 2 aromatic rings. The highest BCUT2D eigenvalue weighted by Crippen LogP contribution is 2.23. The molecule has 1 atom stereocenters. The van der Waals surface area contributed by atoms with E-state index < -0.39 is 0 Å². The van der Waals surface area contributed by atoms with Crippen LogP contribution in [0.1, 0.15) is 23.0 Å². The van der Waals surface area contributed by atoms with Crippen molar-refractivity contribution in [2.75, 3.05) is 5.32 Å². The van der Waals surface area contributed by atoms with Crippen LogP contribution in [0.15, 0.2) is 23.6 Å². The molecule has 0 saturated heterocycles. The van der Waals surface area contributed by atoms with E-state index in [0.29, 0.717) is 27.2 Å². The largest absolute Gasteiger partial charge is 0.328 e. The molecule has 1 heterocycles. The summed E-state index contributed by atoms with van der Waals surface area (Å²) in [5.41, 5.74) is 7.01. The number of hydrogen-bond donors (Lipinski definition) is 2. The molecule has 0 saturated carbocycles. The molecule has 4 nitrogen and oxygen atoms in total. The van der Waals surface area contributed by atoms with Gasteiger partial charge in [-0.2, -0.15) is 0 Å². The van der Waals surface area contributed by atoms with Crippen LogP contribution in [0.2, 0.25) is 10.0 Å². The maximum atomic E-state index is 12.0. The number of rotatable bonds is 4. The molecule has 1 aromatic carbocycles. The van der Waals surface area contributed by atoms with Crippen molar-refractivity contribution in [3.63, 3.8) is 0 Å². The van der Waals surface area contributed by atoms with Gasteiger partial charge in [-0.05, 0) is 25.1 Å². The topological polar surface area (TPSA) is 68.0 Å². The summed E-state index contributed by atoms with van der Waals surface area (Å²) in [5.74, 6) is -0.273. The summed E-state index contributed by atoms with van der Waals surface area (Å²) in [4.78, 5) is 16.3. The second-order valence-electron chi connectivity index (χ2n) is 4.41. The number of nitrogens with one attached hydrogen (secondary N) is 1. The zero-order valence-corrected chi connectivity index (χ0v) is 13.0. The van der Waals surface area contributed by atoms with Gasteiger partial charge in [-0.25, -0.2) is 4.98 Å². The first kappa shape index (κ1) is 15.3. The second-order valence-corrected chi connectivity index (χ2v) is 6.08. The third kappa shape index (κ3) is 3.93. The molecular weight excluding hydrogens is 317 g/mol. The Labute approximate surface area is 130 Å². The number of carbonyl (C=O) groups excluding carboxylic acids is 1. The fourth-order valence-electron chi connectivity index (χ4n) is 1.59. The first-order valence-electron chi connectivity index (χ1n) is 5.92. The minimum atomic E-state index is -0.273. The molecule has 0 fully saturated rings. The van der Waals surface area contributed by atoms with Crippen LogP contribution in [-0.4, -0.2) is 16.9 Å². The summed E-state index contributed by atoms with van der Waals surface area (Å²) in [6, 6.07) is 4.76. The fraction of sp³-hybridized carbons (Fsp3) is 0.231. The molecule has 0 radical (unpaired) electrons. The van der Waals surface area contributed by atoms with Gasteiger partial charge in [0, 0.05) is 23.4 Å². The molecular formula is C13H13Cl2N3OS. The van der Waals surface area contributed by atoms with E-state index in [2.05, 4.69) is 10.3 Å². The predicted octanol–water partition coefficient (Wildman–Crippen LogP) is 3.59. The Morgan fingerprint density at radius 3 is 2.85 bits per heavy atom. The van der Waals surface area contributed by atoms with Gasteiger partial charge < -0.3 is 5.73 Å². The van der Waals surface area contributed by atoms with Crippen molar-refractivity contribution < 1.29 is 4.79 Å². The summed E-state index contributed by atoms with van der Waals surface area (Å²) in [5, 5.41) is 5.90. The van der Waals surface area contributed by atoms with E-state index in [1.165, 1.54) is 17.4 Å². The summed E-state index contributed by atoms with van der Waals surface area (Å²) >= 11 is 13.1. The van der Waals surface area contributed by atoms with Crippen LogP contribution in [0.3, 0.4) is 0 Å². The quantitative estimate of drug-likeness (QED) is 0.900. The molecule has 2 rings (SSSR count). The van der Waals surface area contributed by atoms with E-state index in [1.807, 2.05) is 12.3 Å². The normalized spacial score (nSPS) is 12.2. The van der Waals surface area contributed by atoms with E-state index in [4.69, 9.17) is 28.9 Å². The van der Waals surface area contributed by atoms with Gasteiger partial charge in [0.15, 0.2) is 5.13 Å². The zero-order valence-electron chi connectivity index (χ0n) is 10.7. The van der Waals surface area contributed by atoms with Gasteiger partial charge in [0.1, 0.15) is 0 Å². The summed E-state index contributed by atoms with van der Waals surface area (Å²) in [7, 11) is 0. The van der Waals surface area contributed by atoms with Crippen molar-refractivity contribution in [2.45, 2.75) is 19.4 Å². The number of hydrogen-bond acceptors (Lipinski definition) is 4. The van der Waals surface area contributed by atoms with Crippen molar-refractivity contribution >= 4 is 45.6 Å². The Morgan fingerprint density at radius 2 is 2.20 bits per heavy atom. The Balaban J connectivity index is 2.07. The standard InChI is InChI=1S/C13H13Cl2N3OS/c1-7(16)4-9-6-20-13(17-9)18-12(19)8-2-3-10(14)11(15)5-8/h2-3,5-7H,4,16H2,1H3,(H,17,18,19). The lowest BCUT2D eigenvalue weighted by Gasteiger charge is -2.03. The monoisotopic (exact) mass is 329 g/mol. The van der Waals surface area contributed by atoms with Gasteiger partial charge in [0.2, 0.25) is 0 Å². The van der Waals surface area contributed by atoms with Crippen molar-refractivity contribution in [3.05, 3.63) is 44.9 Å². The van der Waals surface area contributed by atoms with E-state index in [0.717, 1.165) is 5.69 Å².